The lowest BCUT2D eigenvalue weighted by Crippen LogP contribution is -2.39. The minimum atomic E-state index is 0.226. The van der Waals surface area contributed by atoms with E-state index < -0.39 is 0 Å². The third-order valence-corrected chi connectivity index (χ3v) is 4.93. The monoisotopic (exact) mass is 315 g/mol. The van der Waals surface area contributed by atoms with Crippen LogP contribution in [0.4, 0.5) is 0 Å². The largest absolute Gasteiger partial charge is 0.342 e. The molecular formula is C17H25N5O. The predicted octanol–water partition coefficient (Wildman–Crippen LogP) is 2.10. The van der Waals surface area contributed by atoms with Gasteiger partial charge in [-0.1, -0.05) is 0 Å². The van der Waals surface area contributed by atoms with Crippen LogP contribution in [0.1, 0.15) is 48.0 Å². The van der Waals surface area contributed by atoms with E-state index in [0.29, 0.717) is 18.8 Å². The molecule has 1 aliphatic rings. The fraction of sp³-hybridized carbons (Fsp3) is 0.588. The first-order valence-corrected chi connectivity index (χ1v) is 8.31. The molecule has 1 atom stereocenters. The van der Waals surface area contributed by atoms with Gasteiger partial charge in [0.2, 0.25) is 5.91 Å². The molecule has 124 valence electrons. The predicted molar refractivity (Wildman–Crippen MR) is 88.1 cm³/mol. The van der Waals surface area contributed by atoms with Gasteiger partial charge >= 0.3 is 0 Å². The molecule has 1 unspecified atom stereocenters. The van der Waals surface area contributed by atoms with E-state index in [2.05, 4.69) is 26.7 Å². The molecule has 1 N–H and O–H groups in total. The topological polar surface area (TPSA) is 66.8 Å². The molecule has 2 aromatic rings. The number of carbonyl (C=O) groups excluding carboxylic acids is 1. The van der Waals surface area contributed by atoms with Crippen LogP contribution in [0, 0.1) is 13.8 Å². The first kappa shape index (κ1) is 15.8. The van der Waals surface area contributed by atoms with Crippen LogP contribution < -0.4 is 0 Å². The van der Waals surface area contributed by atoms with Gasteiger partial charge in [0, 0.05) is 57.0 Å². The summed E-state index contributed by atoms with van der Waals surface area (Å²) in [5.41, 5.74) is 3.26. The van der Waals surface area contributed by atoms with Crippen molar-refractivity contribution in [1.82, 2.24) is 24.6 Å². The number of aromatic amines is 1. The molecule has 3 heterocycles. The molecule has 0 aromatic carbocycles. The van der Waals surface area contributed by atoms with Crippen LogP contribution in [0.15, 0.2) is 12.4 Å². The lowest BCUT2D eigenvalue weighted by atomic mass is 9.96. The van der Waals surface area contributed by atoms with Crippen LogP contribution in [0.25, 0.3) is 0 Å². The number of hydrogen-bond donors (Lipinski definition) is 1. The van der Waals surface area contributed by atoms with Gasteiger partial charge in [0.05, 0.1) is 5.69 Å². The lowest BCUT2D eigenvalue weighted by Gasteiger charge is -2.32. The van der Waals surface area contributed by atoms with Gasteiger partial charge in [0.25, 0.3) is 0 Å². The molecule has 3 rings (SSSR count). The maximum Gasteiger partial charge on any atom is 0.222 e. The zero-order valence-corrected chi connectivity index (χ0v) is 14.2. The maximum absolute atomic E-state index is 12.6. The number of rotatable bonds is 4. The van der Waals surface area contributed by atoms with Crippen molar-refractivity contribution >= 4 is 5.91 Å². The number of nitrogens with zero attached hydrogens (tertiary/aromatic N) is 4. The van der Waals surface area contributed by atoms with Gasteiger partial charge in [0.1, 0.15) is 5.82 Å². The quantitative estimate of drug-likeness (QED) is 0.939. The molecule has 2 aromatic heterocycles. The number of nitrogens with one attached hydrogen (secondary N) is 1. The first-order valence-electron chi connectivity index (χ1n) is 8.31. The smallest absolute Gasteiger partial charge is 0.222 e. The Balaban J connectivity index is 1.59. The van der Waals surface area contributed by atoms with Gasteiger partial charge in [-0.05, 0) is 32.3 Å². The van der Waals surface area contributed by atoms with E-state index in [9.17, 15) is 4.79 Å². The average molecular weight is 315 g/mol. The molecule has 1 saturated heterocycles. The van der Waals surface area contributed by atoms with Gasteiger partial charge < -0.3 is 9.47 Å². The summed E-state index contributed by atoms with van der Waals surface area (Å²) < 4.78 is 2.06. The fourth-order valence-corrected chi connectivity index (χ4v) is 3.35. The number of hydrogen-bond acceptors (Lipinski definition) is 3. The molecule has 6 heteroatoms. The summed E-state index contributed by atoms with van der Waals surface area (Å²) in [6, 6.07) is 0. The summed E-state index contributed by atoms with van der Waals surface area (Å²) in [4.78, 5) is 19.0. The Hall–Kier alpha value is -2.11. The molecule has 1 amide bonds. The minimum Gasteiger partial charge on any atom is -0.342 e. The Kier molecular flexibility index (Phi) is 4.50. The Morgan fingerprint density at radius 3 is 2.91 bits per heavy atom. The van der Waals surface area contributed by atoms with E-state index in [-0.39, 0.29) is 5.91 Å². The third kappa shape index (κ3) is 3.30. The maximum atomic E-state index is 12.6. The van der Waals surface area contributed by atoms with Crippen LogP contribution >= 0.6 is 0 Å². The minimum absolute atomic E-state index is 0.226. The zero-order valence-electron chi connectivity index (χ0n) is 14.2. The molecular weight excluding hydrogens is 290 g/mol. The second kappa shape index (κ2) is 6.56. The number of H-pyrrole nitrogens is 1. The van der Waals surface area contributed by atoms with E-state index in [1.54, 1.807) is 0 Å². The highest BCUT2D eigenvalue weighted by molar-refractivity contribution is 5.76. The first-order chi connectivity index (χ1) is 11.1. The van der Waals surface area contributed by atoms with Gasteiger partial charge in [-0.15, -0.1) is 0 Å². The van der Waals surface area contributed by atoms with E-state index in [1.807, 2.05) is 31.3 Å². The van der Waals surface area contributed by atoms with Crippen LogP contribution in [0.2, 0.25) is 0 Å². The molecule has 0 saturated carbocycles. The van der Waals surface area contributed by atoms with Crippen molar-refractivity contribution in [3.63, 3.8) is 0 Å². The number of piperidine rings is 1. The van der Waals surface area contributed by atoms with Crippen molar-refractivity contribution < 1.29 is 4.79 Å². The van der Waals surface area contributed by atoms with Crippen LogP contribution in [0.5, 0.6) is 0 Å². The van der Waals surface area contributed by atoms with Crippen molar-refractivity contribution in [2.45, 2.75) is 45.4 Å². The second-order valence-corrected chi connectivity index (χ2v) is 6.50. The molecule has 0 radical (unpaired) electrons. The lowest BCUT2D eigenvalue weighted by molar-refractivity contribution is -0.132. The number of aryl methyl sites for hydroxylation is 3. The van der Waals surface area contributed by atoms with E-state index >= 15 is 0 Å². The third-order valence-electron chi connectivity index (χ3n) is 4.93. The molecule has 1 aliphatic heterocycles. The summed E-state index contributed by atoms with van der Waals surface area (Å²) in [6.45, 7) is 5.70. The van der Waals surface area contributed by atoms with Crippen molar-refractivity contribution in [2.24, 2.45) is 7.05 Å². The molecule has 6 nitrogen and oxygen atoms in total. The van der Waals surface area contributed by atoms with Crippen molar-refractivity contribution in [2.75, 3.05) is 13.1 Å². The fourth-order valence-electron chi connectivity index (χ4n) is 3.35. The molecule has 1 fully saturated rings. The summed E-state index contributed by atoms with van der Waals surface area (Å²) in [7, 11) is 2.02. The molecule has 0 bridgehead atoms. The second-order valence-electron chi connectivity index (χ2n) is 6.50. The molecule has 23 heavy (non-hydrogen) atoms. The standard InChI is InChI=1S/C17H25N5O/c1-12-13(2)19-20-15(12)6-7-16(23)22-9-4-5-14(11-22)17-18-8-10-21(17)3/h8,10,14H,4-7,9,11H2,1-3H3,(H,19,20). The number of likely N-dealkylation sites (tertiary alicyclic amines) is 1. The summed E-state index contributed by atoms with van der Waals surface area (Å²) in [5.74, 6) is 1.66. The molecule has 0 spiro atoms. The Bertz CT molecular complexity index is 687. The van der Waals surface area contributed by atoms with E-state index in [4.69, 9.17) is 0 Å². The number of aromatic nitrogens is 4. The van der Waals surface area contributed by atoms with Gasteiger partial charge in [-0.25, -0.2) is 4.98 Å². The average Bonchev–Trinajstić information content (AvgIpc) is 3.12. The zero-order chi connectivity index (χ0) is 16.4. The summed E-state index contributed by atoms with van der Waals surface area (Å²) in [6.07, 6.45) is 7.19. The Morgan fingerprint density at radius 1 is 1.43 bits per heavy atom. The van der Waals surface area contributed by atoms with Crippen LogP contribution in [0.3, 0.4) is 0 Å². The Morgan fingerprint density at radius 2 is 2.26 bits per heavy atom. The van der Waals surface area contributed by atoms with E-state index in [0.717, 1.165) is 43.1 Å². The summed E-state index contributed by atoms with van der Waals surface area (Å²) in [5, 5.41) is 7.28. The van der Waals surface area contributed by atoms with Crippen LogP contribution in [-0.2, 0) is 18.3 Å². The highest BCUT2D eigenvalue weighted by Crippen LogP contribution is 2.26. The van der Waals surface area contributed by atoms with Gasteiger partial charge in [-0.3, -0.25) is 9.89 Å². The Labute approximate surface area is 136 Å². The van der Waals surface area contributed by atoms with Gasteiger partial charge in [0.15, 0.2) is 0 Å². The number of imidazole rings is 1. The highest BCUT2D eigenvalue weighted by Gasteiger charge is 2.26. The van der Waals surface area contributed by atoms with Crippen molar-refractivity contribution in [3.05, 3.63) is 35.2 Å². The van der Waals surface area contributed by atoms with Gasteiger partial charge in [-0.2, -0.15) is 5.10 Å². The SMILES string of the molecule is Cc1[nH]nc(CCC(=O)N2CCCC(c3nccn3C)C2)c1C. The van der Waals surface area contributed by atoms with Crippen molar-refractivity contribution in [1.29, 1.82) is 0 Å². The molecule has 0 aliphatic carbocycles. The van der Waals surface area contributed by atoms with Crippen molar-refractivity contribution in [3.8, 4) is 0 Å². The number of carbonyl (C=O) groups is 1. The van der Waals surface area contributed by atoms with Crippen LogP contribution in [-0.4, -0.2) is 43.6 Å². The highest BCUT2D eigenvalue weighted by atomic mass is 16.2. The number of amides is 1. The normalized spacial score (nSPS) is 18.4. The van der Waals surface area contributed by atoms with E-state index in [1.165, 1.54) is 5.56 Å². The summed E-state index contributed by atoms with van der Waals surface area (Å²) >= 11 is 0.